The van der Waals surface area contributed by atoms with Crippen molar-refractivity contribution in [3.05, 3.63) is 0 Å². The summed E-state index contributed by atoms with van der Waals surface area (Å²) in [5.74, 6) is 3.18. The average Bonchev–Trinajstić information content (AvgIpc) is 2.79. The molecular weight excluding hydrogens is 174 g/mol. The molecule has 0 heterocycles. The molecule has 2 heteroatoms. The molecule has 0 aromatic rings. The van der Waals surface area contributed by atoms with Crippen molar-refractivity contribution in [2.24, 2.45) is 17.8 Å². The molecule has 2 nitrogen and oxygen atoms in total. The fraction of sp³-hybridized carbons (Fsp3) is 1.00. The lowest BCUT2D eigenvalue weighted by Crippen LogP contribution is -2.22. The molecule has 2 aliphatic rings. The molecule has 0 amide bonds. The van der Waals surface area contributed by atoms with E-state index in [-0.39, 0.29) is 0 Å². The second-order valence-corrected chi connectivity index (χ2v) is 5.05. The van der Waals surface area contributed by atoms with E-state index in [0.29, 0.717) is 6.61 Å². The average molecular weight is 197 g/mol. The van der Waals surface area contributed by atoms with Gasteiger partial charge in [-0.15, -0.1) is 0 Å². The molecule has 82 valence electrons. The summed E-state index contributed by atoms with van der Waals surface area (Å²) in [5, 5.41) is 12.0. The first kappa shape index (κ1) is 10.4. The third-order valence-electron chi connectivity index (χ3n) is 4.09. The van der Waals surface area contributed by atoms with Gasteiger partial charge in [-0.3, -0.25) is 0 Å². The maximum absolute atomic E-state index is 8.62. The normalized spacial score (nSPS) is 35.4. The second-order valence-electron chi connectivity index (χ2n) is 5.05. The molecule has 0 spiro atoms. The van der Waals surface area contributed by atoms with Crippen LogP contribution in [-0.2, 0) is 0 Å². The van der Waals surface area contributed by atoms with Gasteiger partial charge in [-0.25, -0.2) is 0 Å². The number of hydrogen-bond donors (Lipinski definition) is 2. The van der Waals surface area contributed by atoms with Crippen molar-refractivity contribution < 1.29 is 5.11 Å². The minimum absolute atomic E-state index is 0.321. The van der Waals surface area contributed by atoms with Gasteiger partial charge in [0.05, 0.1) is 0 Å². The molecule has 2 bridgehead atoms. The summed E-state index contributed by atoms with van der Waals surface area (Å²) >= 11 is 0. The smallest absolute Gasteiger partial charge is 0.0443 e. The molecule has 14 heavy (non-hydrogen) atoms. The Morgan fingerprint density at radius 2 is 2.07 bits per heavy atom. The highest BCUT2D eigenvalue weighted by Gasteiger charge is 2.38. The van der Waals surface area contributed by atoms with Crippen LogP contribution in [0.4, 0.5) is 0 Å². The first-order valence-electron chi connectivity index (χ1n) is 6.21. The van der Waals surface area contributed by atoms with E-state index in [1.807, 2.05) is 0 Å². The van der Waals surface area contributed by atoms with Gasteiger partial charge in [0.2, 0.25) is 0 Å². The van der Waals surface area contributed by atoms with E-state index < -0.39 is 0 Å². The number of rotatable bonds is 6. The molecule has 3 unspecified atom stereocenters. The maximum atomic E-state index is 8.62. The molecule has 0 aliphatic heterocycles. The SMILES string of the molecule is OCCCNCCC1CC2CCC1C2. The molecule has 2 rings (SSSR count). The van der Waals surface area contributed by atoms with E-state index >= 15 is 0 Å². The summed E-state index contributed by atoms with van der Waals surface area (Å²) in [7, 11) is 0. The van der Waals surface area contributed by atoms with Crippen LogP contribution in [0.2, 0.25) is 0 Å². The van der Waals surface area contributed by atoms with Gasteiger partial charge in [-0.1, -0.05) is 6.42 Å². The van der Waals surface area contributed by atoms with Crippen molar-refractivity contribution >= 4 is 0 Å². The molecular formula is C12H23NO. The molecule has 0 aromatic carbocycles. The van der Waals surface area contributed by atoms with Crippen molar-refractivity contribution in [2.45, 2.75) is 38.5 Å². The van der Waals surface area contributed by atoms with Gasteiger partial charge in [-0.2, -0.15) is 0 Å². The monoisotopic (exact) mass is 197 g/mol. The minimum atomic E-state index is 0.321. The zero-order chi connectivity index (χ0) is 9.80. The highest BCUT2D eigenvalue weighted by Crippen LogP contribution is 2.49. The highest BCUT2D eigenvalue weighted by atomic mass is 16.3. The van der Waals surface area contributed by atoms with Gasteiger partial charge in [0.1, 0.15) is 0 Å². The quantitative estimate of drug-likeness (QED) is 0.636. The second kappa shape index (κ2) is 5.13. The van der Waals surface area contributed by atoms with Crippen molar-refractivity contribution in [3.63, 3.8) is 0 Å². The van der Waals surface area contributed by atoms with Gasteiger partial charge in [0.15, 0.2) is 0 Å². The molecule has 2 aliphatic carbocycles. The number of fused-ring (bicyclic) bond motifs is 2. The number of nitrogens with one attached hydrogen (secondary N) is 1. The Bertz CT molecular complexity index is 172. The van der Waals surface area contributed by atoms with Gasteiger partial charge in [0.25, 0.3) is 0 Å². The lowest BCUT2D eigenvalue weighted by atomic mass is 9.86. The van der Waals surface area contributed by atoms with Crippen molar-refractivity contribution in [1.29, 1.82) is 0 Å². The first-order valence-corrected chi connectivity index (χ1v) is 6.21. The molecule has 2 fully saturated rings. The molecule has 2 saturated carbocycles. The summed E-state index contributed by atoms with van der Waals surface area (Å²) in [4.78, 5) is 0. The topological polar surface area (TPSA) is 32.3 Å². The van der Waals surface area contributed by atoms with Crippen LogP contribution < -0.4 is 5.32 Å². The molecule has 0 aromatic heterocycles. The van der Waals surface area contributed by atoms with E-state index in [1.165, 1.54) is 32.1 Å². The van der Waals surface area contributed by atoms with Crippen LogP contribution in [0, 0.1) is 17.8 Å². The van der Waals surface area contributed by atoms with Gasteiger partial charge in [-0.05, 0) is 62.9 Å². The van der Waals surface area contributed by atoms with Gasteiger partial charge >= 0.3 is 0 Å². The Morgan fingerprint density at radius 3 is 2.71 bits per heavy atom. The van der Waals surface area contributed by atoms with E-state index in [9.17, 15) is 0 Å². The number of aliphatic hydroxyl groups excluding tert-OH is 1. The first-order chi connectivity index (χ1) is 6.90. The van der Waals surface area contributed by atoms with Crippen molar-refractivity contribution in [1.82, 2.24) is 5.32 Å². The minimum Gasteiger partial charge on any atom is -0.396 e. The van der Waals surface area contributed by atoms with Crippen LogP contribution in [0.5, 0.6) is 0 Å². The van der Waals surface area contributed by atoms with Gasteiger partial charge < -0.3 is 10.4 Å². The predicted octanol–water partition coefficient (Wildman–Crippen LogP) is 1.78. The van der Waals surface area contributed by atoms with E-state index in [2.05, 4.69) is 5.32 Å². The summed E-state index contributed by atoms with van der Waals surface area (Å²) in [5.41, 5.74) is 0. The molecule has 2 N–H and O–H groups in total. The lowest BCUT2D eigenvalue weighted by molar-refractivity contribution is 0.281. The summed E-state index contributed by atoms with van der Waals surface area (Å²) < 4.78 is 0. The fourth-order valence-corrected chi connectivity index (χ4v) is 3.35. The summed E-state index contributed by atoms with van der Waals surface area (Å²) in [6.45, 7) is 2.46. The Morgan fingerprint density at radius 1 is 1.14 bits per heavy atom. The Labute approximate surface area is 87.1 Å². The zero-order valence-electron chi connectivity index (χ0n) is 9.04. The van der Waals surface area contributed by atoms with E-state index in [0.717, 1.165) is 37.3 Å². The largest absolute Gasteiger partial charge is 0.396 e. The van der Waals surface area contributed by atoms with E-state index in [1.54, 1.807) is 0 Å². The number of aliphatic hydroxyl groups is 1. The maximum Gasteiger partial charge on any atom is 0.0443 e. The third-order valence-corrected chi connectivity index (χ3v) is 4.09. The molecule has 3 atom stereocenters. The standard InChI is InChI=1S/C12H23NO/c14-7-1-5-13-6-4-12-9-10-2-3-11(12)8-10/h10-14H,1-9H2. The van der Waals surface area contributed by atoms with Crippen LogP contribution in [-0.4, -0.2) is 24.8 Å². The van der Waals surface area contributed by atoms with Crippen LogP contribution in [0.25, 0.3) is 0 Å². The Kier molecular flexibility index (Phi) is 3.82. The van der Waals surface area contributed by atoms with Crippen molar-refractivity contribution in [2.75, 3.05) is 19.7 Å². The Hall–Kier alpha value is -0.0800. The Balaban J connectivity index is 1.54. The predicted molar refractivity (Wildman–Crippen MR) is 58.1 cm³/mol. The summed E-state index contributed by atoms with van der Waals surface area (Å²) in [6, 6.07) is 0. The van der Waals surface area contributed by atoms with Crippen molar-refractivity contribution in [3.8, 4) is 0 Å². The van der Waals surface area contributed by atoms with Crippen LogP contribution in [0.1, 0.15) is 38.5 Å². The third kappa shape index (κ3) is 2.48. The summed E-state index contributed by atoms with van der Waals surface area (Å²) in [6.07, 6.45) is 8.32. The van der Waals surface area contributed by atoms with Crippen LogP contribution >= 0.6 is 0 Å². The fourth-order valence-electron chi connectivity index (χ4n) is 3.35. The highest BCUT2D eigenvalue weighted by molar-refractivity contribution is 4.89. The number of hydrogen-bond acceptors (Lipinski definition) is 2. The lowest BCUT2D eigenvalue weighted by Gasteiger charge is -2.21. The molecule has 0 saturated heterocycles. The van der Waals surface area contributed by atoms with Crippen LogP contribution in [0.3, 0.4) is 0 Å². The zero-order valence-corrected chi connectivity index (χ0v) is 9.04. The van der Waals surface area contributed by atoms with Gasteiger partial charge in [0, 0.05) is 6.61 Å². The molecule has 0 radical (unpaired) electrons. The van der Waals surface area contributed by atoms with E-state index in [4.69, 9.17) is 5.11 Å². The van der Waals surface area contributed by atoms with Crippen LogP contribution in [0.15, 0.2) is 0 Å².